The van der Waals surface area contributed by atoms with Crippen molar-refractivity contribution in [3.05, 3.63) is 18.2 Å². The molecule has 15 heteroatoms. The Morgan fingerprint density at radius 1 is 0.972 bits per heavy atom. The molecule has 0 bridgehead atoms. The number of imidazole rings is 1. The van der Waals surface area contributed by atoms with Crippen LogP contribution in [0.3, 0.4) is 0 Å². The number of carboxylic acids is 2. The highest BCUT2D eigenvalue weighted by atomic mass is 19.4. The molecule has 0 aromatic carbocycles. The van der Waals surface area contributed by atoms with Crippen LogP contribution < -0.4 is 0 Å². The predicted molar refractivity (Wildman–Crippen MR) is 113 cm³/mol. The molecule has 1 aromatic heterocycles. The maximum atomic E-state index is 10.6. The second kappa shape index (κ2) is 13.2. The van der Waals surface area contributed by atoms with Gasteiger partial charge >= 0.3 is 24.3 Å². The number of alkyl halides is 6. The number of halogens is 6. The minimum absolute atomic E-state index is 0.679. The fourth-order valence-corrected chi connectivity index (χ4v) is 4.35. The number of hydrogen-bond donors (Lipinski definition) is 2. The molecule has 36 heavy (non-hydrogen) atoms. The van der Waals surface area contributed by atoms with Crippen LogP contribution in [-0.4, -0.2) is 99.3 Å². The largest absolute Gasteiger partial charge is 0.490 e. The predicted octanol–water partition coefficient (Wildman–Crippen LogP) is 2.86. The monoisotopic (exact) mass is 532 g/mol. The lowest BCUT2D eigenvalue weighted by molar-refractivity contribution is -0.193. The van der Waals surface area contributed by atoms with Gasteiger partial charge in [0.2, 0.25) is 0 Å². The molecule has 1 aromatic rings. The van der Waals surface area contributed by atoms with Crippen LogP contribution >= 0.6 is 0 Å². The van der Waals surface area contributed by atoms with Crippen LogP contribution in [0.15, 0.2) is 12.4 Å². The number of carbonyl (C=O) groups is 2. The Hall–Kier alpha value is -2.39. The molecule has 3 aliphatic heterocycles. The summed E-state index contributed by atoms with van der Waals surface area (Å²) in [6, 6.07) is 0.679. The van der Waals surface area contributed by atoms with Crippen LogP contribution in [0.2, 0.25) is 0 Å². The summed E-state index contributed by atoms with van der Waals surface area (Å²) in [5.41, 5.74) is 0. The quantitative estimate of drug-likeness (QED) is 0.573. The van der Waals surface area contributed by atoms with Crippen molar-refractivity contribution < 1.29 is 50.9 Å². The molecule has 0 aliphatic carbocycles. The number of fused-ring (bicyclic) bond motifs is 1. The lowest BCUT2D eigenvalue weighted by atomic mass is 10.0. The molecule has 2 N–H and O–H groups in total. The summed E-state index contributed by atoms with van der Waals surface area (Å²) >= 11 is 0. The van der Waals surface area contributed by atoms with Crippen molar-refractivity contribution in [1.29, 1.82) is 0 Å². The third kappa shape index (κ3) is 9.93. The van der Waals surface area contributed by atoms with E-state index in [1.165, 1.54) is 57.7 Å². The van der Waals surface area contributed by atoms with Gasteiger partial charge in [0.1, 0.15) is 5.82 Å². The molecule has 2 fully saturated rings. The number of carboxylic acid groups (broad SMARTS) is 2. The first kappa shape index (κ1) is 29.8. The Balaban J connectivity index is 0.000000271. The highest BCUT2D eigenvalue weighted by molar-refractivity contribution is 5.73. The first-order valence-corrected chi connectivity index (χ1v) is 11.4. The average molecular weight is 532 g/mol. The molecule has 0 radical (unpaired) electrons. The SMILES string of the molecule is O=C(O)C(F)(F)F.O=C(O)C(F)(F)F.c1cn2c(n1)CN(C1CCOCC1)CC(CN1CCCC1)C2. The molecule has 1 unspecified atom stereocenters. The summed E-state index contributed by atoms with van der Waals surface area (Å²) in [5.74, 6) is -3.55. The maximum absolute atomic E-state index is 10.6. The molecular weight excluding hydrogens is 502 g/mol. The Bertz CT molecular complexity index is 811. The van der Waals surface area contributed by atoms with Gasteiger partial charge in [0.05, 0.1) is 6.54 Å². The molecule has 1 atom stereocenters. The van der Waals surface area contributed by atoms with E-state index in [9.17, 15) is 26.3 Å². The average Bonchev–Trinajstić information content (AvgIpc) is 3.42. The van der Waals surface area contributed by atoms with Crippen molar-refractivity contribution in [2.45, 2.75) is 57.2 Å². The minimum Gasteiger partial charge on any atom is -0.475 e. The van der Waals surface area contributed by atoms with Crippen molar-refractivity contribution in [2.24, 2.45) is 5.92 Å². The van der Waals surface area contributed by atoms with Gasteiger partial charge in [0, 0.05) is 57.2 Å². The number of aliphatic carboxylic acids is 2. The fourth-order valence-electron chi connectivity index (χ4n) is 4.35. The molecule has 0 amide bonds. The van der Waals surface area contributed by atoms with E-state index in [4.69, 9.17) is 24.5 Å². The molecule has 206 valence electrons. The van der Waals surface area contributed by atoms with Crippen molar-refractivity contribution >= 4 is 11.9 Å². The standard InChI is InChI=1S/C17H28N4O.2C2HF3O2/c1-2-7-19(6-1)11-15-12-20-8-5-18-17(20)14-21(13-15)16-3-9-22-10-4-16;2*3-2(4,5)1(6)7/h5,8,15-16H,1-4,6-7,9-14H2;2*(H,6,7). The van der Waals surface area contributed by atoms with Crippen LogP contribution in [0.4, 0.5) is 26.3 Å². The summed E-state index contributed by atoms with van der Waals surface area (Å²) in [6.45, 7) is 9.04. The maximum Gasteiger partial charge on any atom is 0.490 e. The van der Waals surface area contributed by atoms with E-state index < -0.39 is 24.3 Å². The normalized spacial score (nSPS) is 21.9. The second-order valence-electron chi connectivity index (χ2n) is 8.75. The summed E-state index contributed by atoms with van der Waals surface area (Å²) in [6.07, 6.45) is -0.913. The molecular formula is C21H30F6N4O5. The van der Waals surface area contributed by atoms with Crippen molar-refractivity contribution in [2.75, 3.05) is 39.4 Å². The minimum atomic E-state index is -5.08. The summed E-state index contributed by atoms with van der Waals surface area (Å²) in [7, 11) is 0. The number of aromatic nitrogens is 2. The van der Waals surface area contributed by atoms with Gasteiger partial charge in [-0.25, -0.2) is 14.6 Å². The zero-order chi connectivity index (χ0) is 26.9. The third-order valence-corrected chi connectivity index (χ3v) is 6.00. The summed E-state index contributed by atoms with van der Waals surface area (Å²) < 4.78 is 71.4. The Kier molecular flexibility index (Phi) is 11.0. The molecule has 4 rings (SSSR count). The smallest absolute Gasteiger partial charge is 0.475 e. The van der Waals surface area contributed by atoms with Crippen LogP contribution in [0.25, 0.3) is 0 Å². The first-order chi connectivity index (χ1) is 16.8. The van der Waals surface area contributed by atoms with Crippen LogP contribution in [0.1, 0.15) is 31.5 Å². The summed E-state index contributed by atoms with van der Waals surface area (Å²) in [5, 5.41) is 14.2. The fraction of sp³-hybridized carbons (Fsp3) is 0.762. The van der Waals surface area contributed by atoms with E-state index in [-0.39, 0.29) is 0 Å². The molecule has 0 saturated carbocycles. The van der Waals surface area contributed by atoms with Gasteiger partial charge in [0.15, 0.2) is 0 Å². The third-order valence-electron chi connectivity index (χ3n) is 6.00. The number of ether oxygens (including phenoxy) is 1. The molecule has 2 saturated heterocycles. The van der Waals surface area contributed by atoms with Gasteiger partial charge in [-0.2, -0.15) is 26.3 Å². The van der Waals surface area contributed by atoms with Crippen molar-refractivity contribution in [1.82, 2.24) is 19.4 Å². The lowest BCUT2D eigenvalue weighted by Crippen LogP contribution is -2.43. The molecule has 0 spiro atoms. The van der Waals surface area contributed by atoms with Crippen LogP contribution in [-0.2, 0) is 27.4 Å². The van der Waals surface area contributed by atoms with Gasteiger partial charge in [-0.1, -0.05) is 0 Å². The van der Waals surface area contributed by atoms with Gasteiger partial charge in [-0.15, -0.1) is 0 Å². The Morgan fingerprint density at radius 2 is 1.50 bits per heavy atom. The van der Waals surface area contributed by atoms with Crippen LogP contribution in [0, 0.1) is 5.92 Å². The zero-order valence-electron chi connectivity index (χ0n) is 19.5. The molecule has 9 nitrogen and oxygen atoms in total. The van der Waals surface area contributed by atoms with Crippen molar-refractivity contribution in [3.8, 4) is 0 Å². The van der Waals surface area contributed by atoms with Gasteiger partial charge in [-0.05, 0) is 38.8 Å². The van der Waals surface area contributed by atoms with E-state index in [1.54, 1.807) is 0 Å². The van der Waals surface area contributed by atoms with Crippen LogP contribution in [0.5, 0.6) is 0 Å². The van der Waals surface area contributed by atoms with E-state index in [0.717, 1.165) is 32.2 Å². The number of nitrogens with zero attached hydrogens (tertiary/aromatic N) is 4. The first-order valence-electron chi connectivity index (χ1n) is 11.4. The number of hydrogen-bond acceptors (Lipinski definition) is 6. The summed E-state index contributed by atoms with van der Waals surface area (Å²) in [4.78, 5) is 27.7. The molecule has 3 aliphatic rings. The van der Waals surface area contributed by atoms with E-state index in [1.807, 2.05) is 6.20 Å². The van der Waals surface area contributed by atoms with E-state index >= 15 is 0 Å². The van der Waals surface area contributed by atoms with E-state index in [2.05, 4.69) is 25.5 Å². The van der Waals surface area contributed by atoms with Crippen molar-refractivity contribution in [3.63, 3.8) is 0 Å². The van der Waals surface area contributed by atoms with Gasteiger partial charge < -0.3 is 24.4 Å². The van der Waals surface area contributed by atoms with Gasteiger partial charge in [0.25, 0.3) is 0 Å². The Labute approximate surface area is 203 Å². The zero-order valence-corrected chi connectivity index (χ0v) is 19.5. The topological polar surface area (TPSA) is 108 Å². The number of rotatable bonds is 3. The number of likely N-dealkylation sites (tertiary alicyclic amines) is 1. The lowest BCUT2D eigenvalue weighted by Gasteiger charge is -2.35. The second-order valence-corrected chi connectivity index (χ2v) is 8.75. The Morgan fingerprint density at radius 3 is 2.00 bits per heavy atom. The molecule has 4 heterocycles. The highest BCUT2D eigenvalue weighted by Gasteiger charge is 2.39. The van der Waals surface area contributed by atoms with E-state index in [0.29, 0.717) is 6.04 Å². The highest BCUT2D eigenvalue weighted by Crippen LogP contribution is 2.24. The van der Waals surface area contributed by atoms with Gasteiger partial charge in [-0.3, -0.25) is 4.90 Å².